The van der Waals surface area contributed by atoms with E-state index < -0.39 is 0 Å². The SMILES string of the molecule is NC1CC2=CCCCC2C1. The zero-order chi connectivity index (χ0) is 6.97. The number of rotatable bonds is 0. The molecule has 1 nitrogen and oxygen atoms in total. The van der Waals surface area contributed by atoms with Crippen LogP contribution in [0.1, 0.15) is 32.1 Å². The average Bonchev–Trinajstić information content (AvgIpc) is 2.27. The third-order valence-electron chi connectivity index (χ3n) is 2.77. The molecule has 2 rings (SSSR count). The number of hydrogen-bond donors (Lipinski definition) is 1. The molecule has 0 aromatic heterocycles. The van der Waals surface area contributed by atoms with Crippen LogP contribution in [0.2, 0.25) is 0 Å². The van der Waals surface area contributed by atoms with E-state index in [1.165, 1.54) is 32.1 Å². The van der Waals surface area contributed by atoms with E-state index in [2.05, 4.69) is 6.08 Å². The van der Waals surface area contributed by atoms with Gasteiger partial charge in [0.05, 0.1) is 0 Å². The van der Waals surface area contributed by atoms with Crippen LogP contribution in [0, 0.1) is 5.92 Å². The molecule has 2 unspecified atom stereocenters. The molecule has 1 heteroatoms. The minimum atomic E-state index is 0.481. The second-order valence-corrected chi connectivity index (χ2v) is 3.61. The predicted octanol–water partition coefficient (Wildman–Crippen LogP) is 1.83. The maximum absolute atomic E-state index is 5.85. The van der Waals surface area contributed by atoms with Gasteiger partial charge in [0.15, 0.2) is 0 Å². The molecule has 1 saturated carbocycles. The van der Waals surface area contributed by atoms with Gasteiger partial charge in [0.25, 0.3) is 0 Å². The standard InChI is InChI=1S/C9H15N/c10-9-5-7-3-1-2-4-8(7)6-9/h3,8-9H,1-2,4-6,10H2. The summed E-state index contributed by atoms with van der Waals surface area (Å²) in [6, 6.07) is 0.481. The van der Waals surface area contributed by atoms with Gasteiger partial charge in [0.2, 0.25) is 0 Å². The normalized spacial score (nSPS) is 39.1. The van der Waals surface area contributed by atoms with Crippen LogP contribution in [0.5, 0.6) is 0 Å². The molecule has 0 aromatic rings. The molecule has 0 bridgehead atoms. The van der Waals surface area contributed by atoms with E-state index in [0.717, 1.165) is 5.92 Å². The fourth-order valence-electron chi connectivity index (χ4n) is 2.27. The Hall–Kier alpha value is -0.300. The van der Waals surface area contributed by atoms with Gasteiger partial charge in [-0.1, -0.05) is 11.6 Å². The molecule has 2 atom stereocenters. The first-order chi connectivity index (χ1) is 4.86. The third kappa shape index (κ3) is 0.988. The molecular weight excluding hydrogens is 122 g/mol. The Morgan fingerprint density at radius 2 is 2.40 bits per heavy atom. The molecule has 0 spiro atoms. The maximum Gasteiger partial charge on any atom is 0.00818 e. The number of hydrogen-bond acceptors (Lipinski definition) is 1. The highest BCUT2D eigenvalue weighted by Gasteiger charge is 2.27. The second kappa shape index (κ2) is 2.39. The monoisotopic (exact) mass is 137 g/mol. The first-order valence-corrected chi connectivity index (χ1v) is 4.31. The minimum Gasteiger partial charge on any atom is -0.327 e. The van der Waals surface area contributed by atoms with Crippen LogP contribution >= 0.6 is 0 Å². The van der Waals surface area contributed by atoms with Crippen molar-refractivity contribution in [2.24, 2.45) is 11.7 Å². The Kier molecular flexibility index (Phi) is 1.53. The van der Waals surface area contributed by atoms with Crippen LogP contribution in [-0.2, 0) is 0 Å². The zero-order valence-electron chi connectivity index (χ0n) is 6.34. The van der Waals surface area contributed by atoms with Crippen molar-refractivity contribution in [3.8, 4) is 0 Å². The van der Waals surface area contributed by atoms with E-state index in [9.17, 15) is 0 Å². The van der Waals surface area contributed by atoms with Gasteiger partial charge < -0.3 is 5.73 Å². The summed E-state index contributed by atoms with van der Waals surface area (Å²) in [4.78, 5) is 0. The number of fused-ring (bicyclic) bond motifs is 1. The van der Waals surface area contributed by atoms with Gasteiger partial charge in [0.1, 0.15) is 0 Å². The molecule has 0 radical (unpaired) electrons. The van der Waals surface area contributed by atoms with Gasteiger partial charge in [-0.05, 0) is 38.0 Å². The van der Waals surface area contributed by atoms with E-state index >= 15 is 0 Å². The third-order valence-corrected chi connectivity index (χ3v) is 2.77. The fourth-order valence-corrected chi connectivity index (χ4v) is 2.27. The number of nitrogens with two attached hydrogens (primary N) is 1. The summed E-state index contributed by atoms with van der Waals surface area (Å²) in [5.74, 6) is 0.878. The highest BCUT2D eigenvalue weighted by atomic mass is 14.7. The van der Waals surface area contributed by atoms with Crippen molar-refractivity contribution in [1.82, 2.24) is 0 Å². The first-order valence-electron chi connectivity index (χ1n) is 4.31. The van der Waals surface area contributed by atoms with Crippen molar-refractivity contribution in [2.45, 2.75) is 38.1 Å². The van der Waals surface area contributed by atoms with E-state index in [1.807, 2.05) is 0 Å². The van der Waals surface area contributed by atoms with Crippen LogP contribution in [0.3, 0.4) is 0 Å². The van der Waals surface area contributed by atoms with Gasteiger partial charge in [-0.15, -0.1) is 0 Å². The smallest absolute Gasteiger partial charge is 0.00818 e. The Balaban J connectivity index is 2.13. The Labute approximate surface area is 62.3 Å². The maximum atomic E-state index is 5.85. The summed E-state index contributed by atoms with van der Waals surface area (Å²) in [5.41, 5.74) is 7.52. The Morgan fingerprint density at radius 3 is 3.20 bits per heavy atom. The molecule has 0 heterocycles. The topological polar surface area (TPSA) is 26.0 Å². The lowest BCUT2D eigenvalue weighted by molar-refractivity contribution is 0.509. The number of allylic oxidation sites excluding steroid dienone is 1. The van der Waals surface area contributed by atoms with E-state index in [-0.39, 0.29) is 0 Å². The van der Waals surface area contributed by atoms with Crippen molar-refractivity contribution in [3.05, 3.63) is 11.6 Å². The van der Waals surface area contributed by atoms with Crippen molar-refractivity contribution < 1.29 is 0 Å². The quantitative estimate of drug-likeness (QED) is 0.506. The highest BCUT2D eigenvalue weighted by molar-refractivity contribution is 5.16. The predicted molar refractivity (Wildman–Crippen MR) is 42.6 cm³/mol. The van der Waals surface area contributed by atoms with Gasteiger partial charge in [-0.2, -0.15) is 0 Å². The van der Waals surface area contributed by atoms with E-state index in [0.29, 0.717) is 6.04 Å². The molecular formula is C9H15N. The minimum absolute atomic E-state index is 0.481. The summed E-state index contributed by atoms with van der Waals surface area (Å²) in [5, 5.41) is 0. The lowest BCUT2D eigenvalue weighted by Crippen LogP contribution is -2.14. The largest absolute Gasteiger partial charge is 0.327 e. The van der Waals surface area contributed by atoms with Crippen molar-refractivity contribution >= 4 is 0 Å². The van der Waals surface area contributed by atoms with Crippen LogP contribution in [0.4, 0.5) is 0 Å². The van der Waals surface area contributed by atoms with Gasteiger partial charge in [-0.25, -0.2) is 0 Å². The molecule has 0 saturated heterocycles. The lowest BCUT2D eigenvalue weighted by Gasteiger charge is -2.15. The molecule has 2 aliphatic carbocycles. The van der Waals surface area contributed by atoms with Gasteiger partial charge in [0, 0.05) is 6.04 Å². The van der Waals surface area contributed by atoms with Gasteiger partial charge in [-0.3, -0.25) is 0 Å². The molecule has 56 valence electrons. The van der Waals surface area contributed by atoms with Gasteiger partial charge >= 0.3 is 0 Å². The fraction of sp³-hybridized carbons (Fsp3) is 0.778. The van der Waals surface area contributed by atoms with Crippen molar-refractivity contribution in [1.29, 1.82) is 0 Å². The van der Waals surface area contributed by atoms with Crippen LogP contribution in [-0.4, -0.2) is 6.04 Å². The van der Waals surface area contributed by atoms with Crippen LogP contribution in [0.25, 0.3) is 0 Å². The molecule has 1 fully saturated rings. The zero-order valence-corrected chi connectivity index (χ0v) is 6.34. The molecule has 2 N–H and O–H groups in total. The summed E-state index contributed by atoms with van der Waals surface area (Å²) in [7, 11) is 0. The summed E-state index contributed by atoms with van der Waals surface area (Å²) < 4.78 is 0. The lowest BCUT2D eigenvalue weighted by atomic mass is 9.90. The summed E-state index contributed by atoms with van der Waals surface area (Å²) >= 11 is 0. The Bertz CT molecular complexity index is 160. The average molecular weight is 137 g/mol. The highest BCUT2D eigenvalue weighted by Crippen LogP contribution is 2.37. The summed E-state index contributed by atoms with van der Waals surface area (Å²) in [6.45, 7) is 0. The first kappa shape index (κ1) is 6.41. The molecule has 10 heavy (non-hydrogen) atoms. The molecule has 0 amide bonds. The molecule has 0 aromatic carbocycles. The second-order valence-electron chi connectivity index (χ2n) is 3.61. The van der Waals surface area contributed by atoms with E-state index in [1.54, 1.807) is 5.57 Å². The summed E-state index contributed by atoms with van der Waals surface area (Å²) in [6.07, 6.45) is 8.95. The van der Waals surface area contributed by atoms with Crippen LogP contribution < -0.4 is 5.73 Å². The molecule has 2 aliphatic rings. The van der Waals surface area contributed by atoms with E-state index in [4.69, 9.17) is 5.73 Å². The van der Waals surface area contributed by atoms with Crippen LogP contribution in [0.15, 0.2) is 11.6 Å². The molecule has 0 aliphatic heterocycles. The van der Waals surface area contributed by atoms with Crippen molar-refractivity contribution in [3.63, 3.8) is 0 Å². The van der Waals surface area contributed by atoms with Crippen molar-refractivity contribution in [2.75, 3.05) is 0 Å². The Morgan fingerprint density at radius 1 is 1.50 bits per heavy atom.